The molecule has 0 aliphatic carbocycles. The molecule has 0 bridgehead atoms. The van der Waals surface area contributed by atoms with E-state index in [1.807, 2.05) is 0 Å². The van der Waals surface area contributed by atoms with Gasteiger partial charge >= 0.3 is 0 Å². The zero-order valence-electron chi connectivity index (χ0n) is 7.39. The fourth-order valence-electron chi connectivity index (χ4n) is 1.41. The molecular formula is C9H15Br2N. The molecule has 1 rings (SSSR count). The Bertz CT molecular complexity index is 168. The van der Waals surface area contributed by atoms with E-state index >= 15 is 0 Å². The van der Waals surface area contributed by atoms with Crippen molar-refractivity contribution in [3.63, 3.8) is 0 Å². The number of hydrogen-bond donors (Lipinski definition) is 0. The molecule has 0 amide bonds. The van der Waals surface area contributed by atoms with Gasteiger partial charge in [-0.15, -0.1) is 0 Å². The van der Waals surface area contributed by atoms with Crippen molar-refractivity contribution < 1.29 is 0 Å². The van der Waals surface area contributed by atoms with Gasteiger partial charge in [-0.3, -0.25) is 4.90 Å². The van der Waals surface area contributed by atoms with Crippen LogP contribution in [-0.2, 0) is 0 Å². The first-order chi connectivity index (χ1) is 5.72. The molecule has 1 atom stereocenters. The van der Waals surface area contributed by atoms with Crippen LogP contribution in [0, 0.1) is 5.92 Å². The van der Waals surface area contributed by atoms with Crippen molar-refractivity contribution >= 4 is 31.9 Å². The van der Waals surface area contributed by atoms with Crippen LogP contribution in [0.25, 0.3) is 0 Å². The predicted octanol–water partition coefficient (Wildman–Crippen LogP) is 3.00. The molecule has 3 heteroatoms. The molecule has 1 aliphatic rings. The minimum absolute atomic E-state index is 0.753. The molecular weight excluding hydrogens is 282 g/mol. The van der Waals surface area contributed by atoms with Crippen LogP contribution < -0.4 is 0 Å². The molecule has 1 unspecified atom stereocenters. The van der Waals surface area contributed by atoms with Gasteiger partial charge in [0.15, 0.2) is 0 Å². The van der Waals surface area contributed by atoms with Crippen LogP contribution in [0.1, 0.15) is 13.3 Å². The smallest absolute Gasteiger partial charge is 0.0296 e. The number of hydrogen-bond acceptors (Lipinski definition) is 1. The summed E-state index contributed by atoms with van der Waals surface area (Å²) in [5.41, 5.74) is 0. The molecule has 0 saturated carbocycles. The Balaban J connectivity index is 2.30. The van der Waals surface area contributed by atoms with Crippen molar-refractivity contribution in [1.29, 1.82) is 0 Å². The summed E-state index contributed by atoms with van der Waals surface area (Å²) in [6.45, 7) is 5.79. The topological polar surface area (TPSA) is 3.24 Å². The Morgan fingerprint density at radius 2 is 2.42 bits per heavy atom. The molecule has 1 heterocycles. The lowest BCUT2D eigenvalue weighted by Crippen LogP contribution is -2.33. The molecule has 0 saturated heterocycles. The highest BCUT2D eigenvalue weighted by atomic mass is 79.9. The number of alkyl halides is 1. The Morgan fingerprint density at radius 1 is 1.67 bits per heavy atom. The summed E-state index contributed by atoms with van der Waals surface area (Å²) >= 11 is 7.05. The summed E-state index contributed by atoms with van der Waals surface area (Å²) in [6.07, 6.45) is 3.46. The Hall–Kier alpha value is 0.660. The fraction of sp³-hybridized carbons (Fsp3) is 0.778. The molecule has 0 fully saturated rings. The van der Waals surface area contributed by atoms with E-state index in [-0.39, 0.29) is 0 Å². The fourth-order valence-corrected chi connectivity index (χ4v) is 2.19. The second-order valence-electron chi connectivity index (χ2n) is 3.43. The van der Waals surface area contributed by atoms with Crippen LogP contribution in [0.15, 0.2) is 10.6 Å². The third-order valence-corrected chi connectivity index (χ3v) is 3.70. The Labute approximate surface area is 91.5 Å². The van der Waals surface area contributed by atoms with Crippen LogP contribution in [0.4, 0.5) is 0 Å². The number of rotatable bonds is 3. The van der Waals surface area contributed by atoms with Crippen molar-refractivity contribution in [1.82, 2.24) is 4.90 Å². The number of halogens is 2. The standard InChI is InChI=1S/C9H15Br2N/c1-8(5-10)6-12-4-2-3-9(11)7-12/h3,8H,2,4-7H2,1H3. The lowest BCUT2D eigenvalue weighted by atomic mass is 10.1. The third kappa shape index (κ3) is 3.58. The summed E-state index contributed by atoms with van der Waals surface area (Å²) in [4.78, 5) is 2.50. The molecule has 70 valence electrons. The second-order valence-corrected chi connectivity index (χ2v) is 5.10. The predicted molar refractivity (Wildman–Crippen MR) is 61.0 cm³/mol. The Morgan fingerprint density at radius 3 is 3.00 bits per heavy atom. The van der Waals surface area contributed by atoms with Gasteiger partial charge in [0.2, 0.25) is 0 Å². The van der Waals surface area contributed by atoms with Crippen molar-refractivity contribution in [2.45, 2.75) is 13.3 Å². The van der Waals surface area contributed by atoms with Gasteiger partial charge in [0, 0.05) is 29.4 Å². The largest absolute Gasteiger partial charge is 0.298 e. The third-order valence-electron chi connectivity index (χ3n) is 2.02. The molecule has 0 aromatic heterocycles. The van der Waals surface area contributed by atoms with E-state index < -0.39 is 0 Å². The van der Waals surface area contributed by atoms with E-state index in [9.17, 15) is 0 Å². The van der Waals surface area contributed by atoms with Crippen molar-refractivity contribution in [2.24, 2.45) is 5.92 Å². The van der Waals surface area contributed by atoms with E-state index in [0.29, 0.717) is 0 Å². The molecule has 12 heavy (non-hydrogen) atoms. The first-order valence-corrected chi connectivity index (χ1v) is 6.26. The summed E-state index contributed by atoms with van der Waals surface area (Å²) in [5.74, 6) is 0.753. The lowest BCUT2D eigenvalue weighted by Gasteiger charge is -2.27. The van der Waals surface area contributed by atoms with Gasteiger partial charge in [-0.25, -0.2) is 0 Å². The van der Waals surface area contributed by atoms with Gasteiger partial charge < -0.3 is 0 Å². The average Bonchev–Trinajstić information content (AvgIpc) is 2.04. The van der Waals surface area contributed by atoms with Gasteiger partial charge in [-0.1, -0.05) is 44.9 Å². The minimum Gasteiger partial charge on any atom is -0.298 e. The maximum atomic E-state index is 3.55. The zero-order valence-corrected chi connectivity index (χ0v) is 10.6. The molecule has 0 aromatic rings. The summed E-state index contributed by atoms with van der Waals surface area (Å²) in [5, 5.41) is 1.10. The van der Waals surface area contributed by atoms with Gasteiger partial charge in [-0.2, -0.15) is 0 Å². The van der Waals surface area contributed by atoms with Gasteiger partial charge in [0.05, 0.1) is 0 Å². The first-order valence-electron chi connectivity index (χ1n) is 4.35. The van der Waals surface area contributed by atoms with E-state index in [2.05, 4.69) is 49.8 Å². The molecule has 0 spiro atoms. The molecule has 1 aliphatic heterocycles. The van der Waals surface area contributed by atoms with Crippen molar-refractivity contribution in [2.75, 3.05) is 25.0 Å². The van der Waals surface area contributed by atoms with Crippen LogP contribution in [0.5, 0.6) is 0 Å². The first kappa shape index (κ1) is 10.7. The second kappa shape index (κ2) is 5.40. The van der Waals surface area contributed by atoms with Crippen LogP contribution in [0.3, 0.4) is 0 Å². The number of nitrogens with zero attached hydrogens (tertiary/aromatic N) is 1. The minimum atomic E-state index is 0.753. The monoisotopic (exact) mass is 295 g/mol. The van der Waals surface area contributed by atoms with E-state index in [1.54, 1.807) is 0 Å². The van der Waals surface area contributed by atoms with Crippen LogP contribution in [0.2, 0.25) is 0 Å². The maximum Gasteiger partial charge on any atom is 0.0296 e. The highest BCUT2D eigenvalue weighted by molar-refractivity contribution is 9.11. The summed E-state index contributed by atoms with van der Waals surface area (Å²) < 4.78 is 1.34. The molecule has 0 radical (unpaired) electrons. The highest BCUT2D eigenvalue weighted by Crippen LogP contribution is 2.16. The quantitative estimate of drug-likeness (QED) is 0.724. The van der Waals surface area contributed by atoms with Crippen molar-refractivity contribution in [3.05, 3.63) is 10.6 Å². The Kier molecular flexibility index (Phi) is 4.84. The normalized spacial score (nSPS) is 22.1. The van der Waals surface area contributed by atoms with Crippen LogP contribution >= 0.6 is 31.9 Å². The summed E-state index contributed by atoms with van der Waals surface area (Å²) in [7, 11) is 0. The van der Waals surface area contributed by atoms with Gasteiger partial charge in [0.25, 0.3) is 0 Å². The van der Waals surface area contributed by atoms with Crippen molar-refractivity contribution in [3.8, 4) is 0 Å². The van der Waals surface area contributed by atoms with E-state index in [4.69, 9.17) is 0 Å². The molecule has 0 aromatic carbocycles. The van der Waals surface area contributed by atoms with Crippen LogP contribution in [-0.4, -0.2) is 29.9 Å². The molecule has 1 nitrogen and oxygen atoms in total. The maximum absolute atomic E-state index is 3.55. The lowest BCUT2D eigenvalue weighted by molar-refractivity contribution is 0.266. The van der Waals surface area contributed by atoms with E-state index in [0.717, 1.165) is 17.8 Å². The zero-order chi connectivity index (χ0) is 8.97. The van der Waals surface area contributed by atoms with Gasteiger partial charge in [0.1, 0.15) is 0 Å². The summed E-state index contributed by atoms with van der Waals surface area (Å²) in [6, 6.07) is 0. The van der Waals surface area contributed by atoms with E-state index in [1.165, 1.54) is 24.0 Å². The molecule has 0 N–H and O–H groups in total. The van der Waals surface area contributed by atoms with Gasteiger partial charge in [-0.05, 0) is 12.3 Å². The highest BCUT2D eigenvalue weighted by Gasteiger charge is 2.12. The average molecular weight is 297 g/mol. The SMILES string of the molecule is CC(CBr)CN1CCC=C(Br)C1.